The Hall–Kier alpha value is -1.42. The van der Waals surface area contributed by atoms with Crippen molar-refractivity contribution in [1.82, 2.24) is 10.2 Å². The summed E-state index contributed by atoms with van der Waals surface area (Å²) in [5.41, 5.74) is 1.02. The molecule has 0 bridgehead atoms. The van der Waals surface area contributed by atoms with Gasteiger partial charge in [0.25, 0.3) is 0 Å². The number of nitrogens with zero attached hydrogens (tertiary/aromatic N) is 1. The monoisotopic (exact) mass is 320 g/mol. The Kier molecular flexibility index (Phi) is 6.17. The molecule has 128 valence electrons. The normalized spacial score (nSPS) is 19.6. The lowest BCUT2D eigenvalue weighted by atomic mass is 9.91. The Balaban J connectivity index is 1.76. The zero-order chi connectivity index (χ0) is 16.9. The molecule has 0 aliphatic carbocycles. The van der Waals surface area contributed by atoms with E-state index in [-0.39, 0.29) is 17.3 Å². The minimum absolute atomic E-state index is 0.108. The maximum Gasteiger partial charge on any atom is 0.234 e. The predicted molar refractivity (Wildman–Crippen MR) is 91.8 cm³/mol. The first-order chi connectivity index (χ1) is 10.8. The summed E-state index contributed by atoms with van der Waals surface area (Å²) >= 11 is 0. The van der Waals surface area contributed by atoms with E-state index in [1.54, 1.807) is 0 Å². The van der Waals surface area contributed by atoms with Crippen molar-refractivity contribution in [2.24, 2.45) is 5.92 Å². The van der Waals surface area contributed by atoms with Crippen molar-refractivity contribution in [3.63, 3.8) is 0 Å². The third kappa shape index (κ3) is 6.69. The average molecular weight is 320 g/mol. The van der Waals surface area contributed by atoms with Gasteiger partial charge in [0.05, 0.1) is 6.54 Å². The molecule has 4 heteroatoms. The topological polar surface area (TPSA) is 32.3 Å². The summed E-state index contributed by atoms with van der Waals surface area (Å²) in [4.78, 5) is 14.3. The van der Waals surface area contributed by atoms with Crippen LogP contribution in [0.1, 0.15) is 45.6 Å². The van der Waals surface area contributed by atoms with Gasteiger partial charge in [0, 0.05) is 12.1 Å². The first-order valence-corrected chi connectivity index (χ1v) is 8.60. The summed E-state index contributed by atoms with van der Waals surface area (Å²) < 4.78 is 12.9. The van der Waals surface area contributed by atoms with Crippen molar-refractivity contribution >= 4 is 5.91 Å². The molecule has 0 saturated carbocycles. The van der Waals surface area contributed by atoms with Crippen LogP contribution in [0.15, 0.2) is 24.3 Å². The van der Waals surface area contributed by atoms with Gasteiger partial charge in [0.1, 0.15) is 5.82 Å². The van der Waals surface area contributed by atoms with Crippen LogP contribution in [0.2, 0.25) is 0 Å². The minimum Gasteiger partial charge on any atom is -0.350 e. The van der Waals surface area contributed by atoms with Crippen LogP contribution >= 0.6 is 0 Å². The van der Waals surface area contributed by atoms with E-state index in [1.807, 2.05) is 32.9 Å². The van der Waals surface area contributed by atoms with E-state index in [2.05, 4.69) is 10.2 Å². The van der Waals surface area contributed by atoms with Crippen molar-refractivity contribution in [3.8, 4) is 0 Å². The van der Waals surface area contributed by atoms with Gasteiger partial charge in [0.2, 0.25) is 5.91 Å². The molecule has 1 atom stereocenters. The number of halogens is 1. The van der Waals surface area contributed by atoms with Crippen molar-refractivity contribution in [1.29, 1.82) is 0 Å². The number of hydrogen-bond acceptors (Lipinski definition) is 2. The number of rotatable bonds is 5. The molecule has 1 amide bonds. The fourth-order valence-corrected chi connectivity index (χ4v) is 3.21. The fourth-order valence-electron chi connectivity index (χ4n) is 3.21. The molecule has 1 saturated heterocycles. The van der Waals surface area contributed by atoms with E-state index in [0.717, 1.165) is 32.4 Å². The highest BCUT2D eigenvalue weighted by Crippen LogP contribution is 2.21. The highest BCUT2D eigenvalue weighted by molar-refractivity contribution is 5.78. The van der Waals surface area contributed by atoms with E-state index in [9.17, 15) is 9.18 Å². The minimum atomic E-state index is -0.178. The van der Waals surface area contributed by atoms with Crippen LogP contribution < -0.4 is 5.32 Å². The van der Waals surface area contributed by atoms with Gasteiger partial charge in [-0.1, -0.05) is 12.1 Å². The van der Waals surface area contributed by atoms with Crippen LogP contribution in [0.3, 0.4) is 0 Å². The summed E-state index contributed by atoms with van der Waals surface area (Å²) in [5, 5.41) is 3.03. The first kappa shape index (κ1) is 17.9. The van der Waals surface area contributed by atoms with Gasteiger partial charge in [-0.3, -0.25) is 9.69 Å². The van der Waals surface area contributed by atoms with E-state index >= 15 is 0 Å². The molecular weight excluding hydrogens is 291 g/mol. The molecule has 23 heavy (non-hydrogen) atoms. The van der Waals surface area contributed by atoms with Crippen molar-refractivity contribution in [3.05, 3.63) is 35.6 Å². The van der Waals surface area contributed by atoms with Crippen molar-refractivity contribution in [2.75, 3.05) is 19.6 Å². The average Bonchev–Trinajstić information content (AvgIpc) is 2.45. The number of nitrogens with one attached hydrogen (secondary N) is 1. The number of piperidine rings is 1. The number of carbonyl (C=O) groups is 1. The predicted octanol–water partition coefficient (Wildman–Crippen LogP) is 3.39. The third-order valence-electron chi connectivity index (χ3n) is 4.24. The first-order valence-electron chi connectivity index (χ1n) is 8.60. The highest BCUT2D eigenvalue weighted by atomic mass is 19.1. The quantitative estimate of drug-likeness (QED) is 0.902. The zero-order valence-electron chi connectivity index (χ0n) is 14.6. The van der Waals surface area contributed by atoms with E-state index in [1.165, 1.54) is 24.1 Å². The molecule has 1 heterocycles. The summed E-state index contributed by atoms with van der Waals surface area (Å²) in [6, 6.07) is 6.79. The van der Waals surface area contributed by atoms with Gasteiger partial charge in [-0.25, -0.2) is 4.39 Å². The molecule has 1 aliphatic heterocycles. The summed E-state index contributed by atoms with van der Waals surface area (Å²) in [6.07, 6.45) is 4.45. The smallest absolute Gasteiger partial charge is 0.234 e. The molecule has 1 unspecified atom stereocenters. The number of amides is 1. The Morgan fingerprint density at radius 1 is 1.30 bits per heavy atom. The van der Waals surface area contributed by atoms with E-state index in [4.69, 9.17) is 0 Å². The molecule has 1 aromatic rings. The summed E-state index contributed by atoms with van der Waals surface area (Å²) in [6.45, 7) is 8.50. The second kappa shape index (κ2) is 7.91. The van der Waals surface area contributed by atoms with Crippen LogP contribution in [0.25, 0.3) is 0 Å². The number of carbonyl (C=O) groups excluding carboxylic acids is 1. The van der Waals surface area contributed by atoms with Gasteiger partial charge >= 0.3 is 0 Å². The van der Waals surface area contributed by atoms with Crippen LogP contribution in [-0.4, -0.2) is 36.0 Å². The van der Waals surface area contributed by atoms with Gasteiger partial charge in [-0.15, -0.1) is 0 Å². The van der Waals surface area contributed by atoms with E-state index in [0.29, 0.717) is 12.5 Å². The zero-order valence-corrected chi connectivity index (χ0v) is 14.6. The Morgan fingerprint density at radius 2 is 2.00 bits per heavy atom. The second-order valence-corrected chi connectivity index (χ2v) is 7.71. The molecule has 1 aromatic carbocycles. The van der Waals surface area contributed by atoms with Crippen LogP contribution in [-0.2, 0) is 11.2 Å². The molecule has 3 nitrogen and oxygen atoms in total. The maximum absolute atomic E-state index is 12.9. The molecule has 0 radical (unpaired) electrons. The molecule has 1 fully saturated rings. The molecule has 0 aromatic heterocycles. The fraction of sp³-hybridized carbons (Fsp3) is 0.632. The lowest BCUT2D eigenvalue weighted by Crippen LogP contribution is -2.48. The van der Waals surface area contributed by atoms with Gasteiger partial charge in [-0.05, 0) is 76.6 Å². The van der Waals surface area contributed by atoms with Crippen LogP contribution in [0.5, 0.6) is 0 Å². The van der Waals surface area contributed by atoms with Gasteiger partial charge < -0.3 is 5.32 Å². The Morgan fingerprint density at radius 3 is 2.65 bits per heavy atom. The number of aryl methyl sites for hydroxylation is 1. The SMILES string of the molecule is CC(C)(C)NC(=O)CN1CCCC(CCc2ccc(F)cc2)C1. The molecule has 0 spiro atoms. The van der Waals surface area contributed by atoms with Gasteiger partial charge in [-0.2, -0.15) is 0 Å². The molecular formula is C19H29FN2O. The number of hydrogen-bond donors (Lipinski definition) is 1. The number of benzene rings is 1. The second-order valence-electron chi connectivity index (χ2n) is 7.71. The van der Waals surface area contributed by atoms with Crippen molar-refractivity contribution in [2.45, 2.75) is 52.0 Å². The maximum atomic E-state index is 12.9. The van der Waals surface area contributed by atoms with Crippen LogP contribution in [0, 0.1) is 11.7 Å². The third-order valence-corrected chi connectivity index (χ3v) is 4.24. The summed E-state index contributed by atoms with van der Waals surface area (Å²) in [5.74, 6) is 0.551. The highest BCUT2D eigenvalue weighted by Gasteiger charge is 2.23. The lowest BCUT2D eigenvalue weighted by Gasteiger charge is -2.33. The molecule has 1 N–H and O–H groups in total. The van der Waals surface area contributed by atoms with Crippen LogP contribution in [0.4, 0.5) is 4.39 Å². The van der Waals surface area contributed by atoms with E-state index < -0.39 is 0 Å². The Bertz CT molecular complexity index is 507. The molecule has 2 rings (SSSR count). The standard InChI is InChI=1S/C19H29FN2O/c1-19(2,3)21-18(23)14-22-12-4-5-16(13-22)7-6-15-8-10-17(20)11-9-15/h8-11,16H,4-7,12-14H2,1-3H3,(H,21,23). The lowest BCUT2D eigenvalue weighted by molar-refractivity contribution is -0.124. The largest absolute Gasteiger partial charge is 0.350 e. The Labute approximate surface area is 139 Å². The summed E-state index contributed by atoms with van der Waals surface area (Å²) in [7, 11) is 0. The van der Waals surface area contributed by atoms with Gasteiger partial charge in [0.15, 0.2) is 0 Å². The number of likely N-dealkylation sites (tertiary alicyclic amines) is 1. The van der Waals surface area contributed by atoms with Crippen molar-refractivity contribution < 1.29 is 9.18 Å². The molecule has 1 aliphatic rings.